The van der Waals surface area contributed by atoms with Crippen LogP contribution in [0.1, 0.15) is 41.7 Å². The number of carbonyl (C=O) groups excluding carboxylic acids is 1. The molecule has 0 aromatic heterocycles. The number of hydrogen-bond donors (Lipinski definition) is 0. The maximum atomic E-state index is 13.7. The molecule has 0 unspecified atom stereocenters. The van der Waals surface area contributed by atoms with Crippen molar-refractivity contribution in [2.45, 2.75) is 52.5 Å². The summed E-state index contributed by atoms with van der Waals surface area (Å²) in [6.07, 6.45) is 0.675. The van der Waals surface area contributed by atoms with Gasteiger partial charge in [0.05, 0.1) is 25.7 Å². The van der Waals surface area contributed by atoms with Gasteiger partial charge in [-0.05, 0) is 67.5 Å². The van der Waals surface area contributed by atoms with Crippen LogP contribution in [-0.2, 0) is 27.8 Å². The van der Waals surface area contributed by atoms with Gasteiger partial charge < -0.3 is 14.4 Å². The summed E-state index contributed by atoms with van der Waals surface area (Å²) in [5.41, 5.74) is 4.51. The van der Waals surface area contributed by atoms with E-state index < -0.39 is 10.0 Å². The van der Waals surface area contributed by atoms with Gasteiger partial charge in [-0.3, -0.25) is 4.79 Å². The number of hydrogen-bond acceptors (Lipinski definition) is 5. The van der Waals surface area contributed by atoms with Crippen LogP contribution in [0.3, 0.4) is 0 Å². The van der Waals surface area contributed by atoms with Crippen molar-refractivity contribution >= 4 is 15.9 Å². The van der Waals surface area contributed by atoms with Crippen molar-refractivity contribution in [2.24, 2.45) is 5.92 Å². The molecule has 1 heterocycles. The van der Waals surface area contributed by atoms with Gasteiger partial charge in [0.2, 0.25) is 15.9 Å². The third-order valence-corrected chi connectivity index (χ3v) is 8.27. The third kappa shape index (κ3) is 5.39. The summed E-state index contributed by atoms with van der Waals surface area (Å²) in [6.45, 7) is 10.5. The zero-order chi connectivity index (χ0) is 25.2. The van der Waals surface area contributed by atoms with Crippen molar-refractivity contribution in [1.29, 1.82) is 0 Å². The molecule has 7 nitrogen and oxygen atoms in total. The normalized spacial score (nSPS) is 13.9. The molecule has 2 aromatic rings. The van der Waals surface area contributed by atoms with E-state index in [1.807, 2.05) is 58.9 Å². The summed E-state index contributed by atoms with van der Waals surface area (Å²) in [6, 6.07) is 7.60. The van der Waals surface area contributed by atoms with Crippen LogP contribution < -0.4 is 9.47 Å². The van der Waals surface area contributed by atoms with E-state index in [9.17, 15) is 13.2 Å². The van der Waals surface area contributed by atoms with Crippen LogP contribution in [0.2, 0.25) is 0 Å². The predicted octanol–water partition coefficient (Wildman–Crippen LogP) is 3.86. The van der Waals surface area contributed by atoms with Crippen molar-refractivity contribution in [1.82, 2.24) is 9.21 Å². The van der Waals surface area contributed by atoms with E-state index in [0.29, 0.717) is 47.0 Å². The molecule has 0 saturated carbocycles. The van der Waals surface area contributed by atoms with Gasteiger partial charge in [-0.15, -0.1) is 0 Å². The molecule has 0 radical (unpaired) electrons. The monoisotopic (exact) mass is 488 g/mol. The first-order valence-corrected chi connectivity index (χ1v) is 13.0. The van der Waals surface area contributed by atoms with Gasteiger partial charge in [0.15, 0.2) is 11.5 Å². The Morgan fingerprint density at radius 2 is 1.56 bits per heavy atom. The SMILES string of the molecule is COc1cc2c(cc1OC)CN(C(=O)CN(CC(C)C)S(=O)(=O)c1c(C)cc(C)cc1C)CC2. The fourth-order valence-electron chi connectivity index (χ4n) is 4.70. The molecule has 1 amide bonds. The molecule has 0 atom stereocenters. The lowest BCUT2D eigenvalue weighted by atomic mass is 9.98. The quantitative estimate of drug-likeness (QED) is 0.564. The summed E-state index contributed by atoms with van der Waals surface area (Å²) in [4.78, 5) is 15.4. The van der Waals surface area contributed by atoms with Crippen LogP contribution in [-0.4, -0.2) is 57.4 Å². The number of rotatable bonds is 8. The summed E-state index contributed by atoms with van der Waals surface area (Å²) in [7, 11) is -0.655. The van der Waals surface area contributed by atoms with Crippen molar-refractivity contribution < 1.29 is 22.7 Å². The van der Waals surface area contributed by atoms with E-state index in [4.69, 9.17) is 9.47 Å². The second kappa shape index (κ2) is 10.4. The number of methoxy groups -OCH3 is 2. The minimum absolute atomic E-state index is 0.0763. The fraction of sp³-hybridized carbons (Fsp3) is 0.500. The van der Waals surface area contributed by atoms with E-state index in [-0.39, 0.29) is 24.9 Å². The third-order valence-electron chi connectivity index (χ3n) is 6.15. The highest BCUT2D eigenvalue weighted by Crippen LogP contribution is 2.33. The van der Waals surface area contributed by atoms with Crippen molar-refractivity contribution in [3.8, 4) is 11.5 Å². The Morgan fingerprint density at radius 1 is 1.00 bits per heavy atom. The Kier molecular flexibility index (Phi) is 7.93. The second-order valence-corrected chi connectivity index (χ2v) is 11.3. The van der Waals surface area contributed by atoms with Gasteiger partial charge in [-0.2, -0.15) is 4.31 Å². The standard InChI is InChI=1S/C26H36N2O5S/c1-17(2)14-28(34(30,31)26-19(4)10-18(3)11-20(26)5)16-25(29)27-9-8-21-12-23(32-6)24(33-7)13-22(21)15-27/h10-13,17H,8-9,14-16H2,1-7H3. The average molecular weight is 489 g/mol. The highest BCUT2D eigenvalue weighted by Gasteiger charge is 2.32. The smallest absolute Gasteiger partial charge is 0.244 e. The molecule has 8 heteroatoms. The molecule has 0 spiro atoms. The molecule has 2 aromatic carbocycles. The topological polar surface area (TPSA) is 76.2 Å². The molecule has 1 aliphatic heterocycles. The molecule has 0 fully saturated rings. The Hall–Kier alpha value is -2.58. The Balaban J connectivity index is 1.87. The summed E-state index contributed by atoms with van der Waals surface area (Å²) >= 11 is 0. The van der Waals surface area contributed by atoms with Crippen LogP contribution >= 0.6 is 0 Å². The summed E-state index contributed by atoms with van der Waals surface area (Å²) in [5.74, 6) is 1.16. The number of nitrogens with zero attached hydrogens (tertiary/aromatic N) is 2. The molecule has 0 aliphatic carbocycles. The van der Waals surface area contributed by atoms with Crippen LogP contribution in [0.5, 0.6) is 11.5 Å². The molecule has 0 N–H and O–H groups in total. The first kappa shape index (κ1) is 26.0. The molecule has 1 aliphatic rings. The number of sulfonamides is 1. The fourth-order valence-corrected chi connectivity index (χ4v) is 6.67. The van der Waals surface area contributed by atoms with Crippen molar-refractivity contribution in [2.75, 3.05) is 33.9 Å². The lowest BCUT2D eigenvalue weighted by Crippen LogP contribution is -2.45. The molecular formula is C26H36N2O5S. The van der Waals surface area contributed by atoms with Crippen molar-refractivity contribution in [3.05, 3.63) is 52.1 Å². The lowest BCUT2D eigenvalue weighted by molar-refractivity contribution is -0.132. The Bertz CT molecular complexity index is 1150. The van der Waals surface area contributed by atoms with Gasteiger partial charge >= 0.3 is 0 Å². The minimum Gasteiger partial charge on any atom is -0.493 e. The first-order chi connectivity index (χ1) is 16.0. The van der Waals surface area contributed by atoms with Gasteiger partial charge in [-0.1, -0.05) is 31.5 Å². The minimum atomic E-state index is -3.84. The number of aryl methyl sites for hydroxylation is 3. The van der Waals surface area contributed by atoms with E-state index in [0.717, 1.165) is 16.7 Å². The number of ether oxygens (including phenoxy) is 2. The van der Waals surface area contributed by atoms with E-state index in [1.165, 1.54) is 4.31 Å². The molecule has 3 rings (SSSR count). The van der Waals surface area contributed by atoms with Gasteiger partial charge in [0, 0.05) is 19.6 Å². The summed E-state index contributed by atoms with van der Waals surface area (Å²) < 4.78 is 39.6. The first-order valence-electron chi connectivity index (χ1n) is 11.6. The lowest BCUT2D eigenvalue weighted by Gasteiger charge is -2.32. The highest BCUT2D eigenvalue weighted by molar-refractivity contribution is 7.89. The van der Waals surface area contributed by atoms with Gasteiger partial charge in [0.25, 0.3) is 0 Å². The number of carbonyl (C=O) groups is 1. The summed E-state index contributed by atoms with van der Waals surface area (Å²) in [5, 5.41) is 0. The van der Waals surface area contributed by atoms with E-state index in [2.05, 4.69) is 0 Å². The average Bonchev–Trinajstić information content (AvgIpc) is 2.75. The molecule has 0 bridgehead atoms. The van der Waals surface area contributed by atoms with E-state index in [1.54, 1.807) is 19.1 Å². The largest absolute Gasteiger partial charge is 0.493 e. The van der Waals surface area contributed by atoms with Crippen LogP contribution in [0, 0.1) is 26.7 Å². The van der Waals surface area contributed by atoms with Crippen LogP contribution in [0.4, 0.5) is 0 Å². The number of benzene rings is 2. The highest BCUT2D eigenvalue weighted by atomic mass is 32.2. The van der Waals surface area contributed by atoms with Crippen molar-refractivity contribution in [3.63, 3.8) is 0 Å². The van der Waals surface area contributed by atoms with Gasteiger partial charge in [-0.25, -0.2) is 8.42 Å². The number of amides is 1. The van der Waals surface area contributed by atoms with Crippen LogP contribution in [0.25, 0.3) is 0 Å². The molecular weight excluding hydrogens is 452 g/mol. The molecule has 34 heavy (non-hydrogen) atoms. The second-order valence-electron chi connectivity index (χ2n) is 9.46. The molecule has 0 saturated heterocycles. The zero-order valence-corrected chi connectivity index (χ0v) is 22.1. The number of fused-ring (bicyclic) bond motifs is 1. The maximum Gasteiger partial charge on any atom is 0.244 e. The Labute approximate surface area is 203 Å². The molecule has 186 valence electrons. The predicted molar refractivity (Wildman–Crippen MR) is 133 cm³/mol. The van der Waals surface area contributed by atoms with Crippen LogP contribution in [0.15, 0.2) is 29.2 Å². The Morgan fingerprint density at radius 3 is 2.09 bits per heavy atom. The van der Waals surface area contributed by atoms with E-state index >= 15 is 0 Å². The maximum absolute atomic E-state index is 13.7. The van der Waals surface area contributed by atoms with Gasteiger partial charge in [0.1, 0.15) is 0 Å². The zero-order valence-electron chi connectivity index (χ0n) is 21.3.